The number of rotatable bonds is 5. The van der Waals surface area contributed by atoms with Gasteiger partial charge in [0.15, 0.2) is 0 Å². The van der Waals surface area contributed by atoms with Gasteiger partial charge in [-0.1, -0.05) is 17.7 Å². The topological polar surface area (TPSA) is 104 Å². The summed E-state index contributed by atoms with van der Waals surface area (Å²) in [5.74, 6) is -2.76. The van der Waals surface area contributed by atoms with E-state index in [2.05, 4.69) is 4.72 Å². The normalized spacial score (nSPS) is 17.1. The van der Waals surface area contributed by atoms with Crippen LogP contribution in [0.1, 0.15) is 16.8 Å². The number of aromatic carboxylic acids is 1. The van der Waals surface area contributed by atoms with Crippen LogP contribution < -0.4 is 9.62 Å². The highest BCUT2D eigenvalue weighted by molar-refractivity contribution is 7.91. The van der Waals surface area contributed by atoms with Crippen molar-refractivity contribution in [2.75, 3.05) is 11.4 Å². The molecule has 1 unspecified atom stereocenters. The minimum absolute atomic E-state index is 0.0445. The van der Waals surface area contributed by atoms with E-state index in [4.69, 9.17) is 16.7 Å². The third-order valence-corrected chi connectivity index (χ3v) is 7.99. The number of carboxylic acid groups (broad SMARTS) is 1. The van der Waals surface area contributed by atoms with Gasteiger partial charge in [-0.25, -0.2) is 17.6 Å². The summed E-state index contributed by atoms with van der Waals surface area (Å²) in [6.07, 6.45) is 0.148. The summed E-state index contributed by atoms with van der Waals surface area (Å²) in [7, 11) is -3.98. The first-order chi connectivity index (χ1) is 14.2. The molecule has 3 aromatic rings. The lowest BCUT2D eigenvalue weighted by Crippen LogP contribution is -2.41. The molecule has 2 aromatic carbocycles. The molecule has 30 heavy (non-hydrogen) atoms. The van der Waals surface area contributed by atoms with Crippen molar-refractivity contribution in [2.24, 2.45) is 0 Å². The summed E-state index contributed by atoms with van der Waals surface area (Å²) < 4.78 is 43.0. The fraction of sp³-hybridized carbons (Fsp3) is 0.158. The van der Waals surface area contributed by atoms with E-state index in [1.165, 1.54) is 18.2 Å². The standard InChI is InChI=1S/C19H14ClFN2O5S2/c20-12-3-1-10-8-17(29-16(10)9-12)30(27,28)22-14-5-6-23(18(14)24)15-4-2-11(19(25)26)7-13(15)21/h1-4,7-9,14,22H,5-6H2,(H,25,26). The fourth-order valence-electron chi connectivity index (χ4n) is 3.25. The third kappa shape index (κ3) is 3.79. The number of carbonyl (C=O) groups excluding carboxylic acids is 1. The number of hydrogen-bond acceptors (Lipinski definition) is 5. The molecule has 1 saturated heterocycles. The summed E-state index contributed by atoms with van der Waals surface area (Å²) in [6.45, 7) is 0.0946. The number of hydrogen-bond donors (Lipinski definition) is 2. The number of nitrogens with one attached hydrogen (secondary N) is 1. The van der Waals surface area contributed by atoms with Crippen molar-refractivity contribution in [3.63, 3.8) is 0 Å². The van der Waals surface area contributed by atoms with Crippen LogP contribution in [0.3, 0.4) is 0 Å². The molecule has 2 heterocycles. The summed E-state index contributed by atoms with van der Waals surface area (Å²) >= 11 is 6.97. The zero-order chi connectivity index (χ0) is 21.6. The lowest BCUT2D eigenvalue weighted by molar-refractivity contribution is -0.118. The quantitative estimate of drug-likeness (QED) is 0.596. The number of carboxylic acids is 1. The van der Waals surface area contributed by atoms with Gasteiger partial charge in [0, 0.05) is 16.3 Å². The van der Waals surface area contributed by atoms with Gasteiger partial charge in [-0.05, 0) is 48.2 Å². The first-order valence-corrected chi connectivity index (χ1v) is 11.4. The third-order valence-electron chi connectivity index (χ3n) is 4.71. The number of anilines is 1. The predicted octanol–water partition coefficient (Wildman–Crippen LogP) is 3.48. The molecule has 1 atom stereocenters. The second kappa shape index (κ2) is 7.62. The van der Waals surface area contributed by atoms with Gasteiger partial charge in [-0.15, -0.1) is 11.3 Å². The van der Waals surface area contributed by atoms with Crippen LogP contribution >= 0.6 is 22.9 Å². The number of halogens is 2. The number of nitrogens with zero attached hydrogens (tertiary/aromatic N) is 1. The SMILES string of the molecule is O=C(O)c1ccc(N2CCC(NS(=O)(=O)c3cc4ccc(Cl)cc4s3)C2=O)c(F)c1. The summed E-state index contributed by atoms with van der Waals surface area (Å²) in [5.41, 5.74) is -0.340. The molecule has 11 heteroatoms. The zero-order valence-electron chi connectivity index (χ0n) is 15.1. The Morgan fingerprint density at radius 1 is 1.23 bits per heavy atom. The molecule has 1 amide bonds. The molecule has 0 radical (unpaired) electrons. The molecule has 1 fully saturated rings. The highest BCUT2D eigenvalue weighted by atomic mass is 35.5. The van der Waals surface area contributed by atoms with E-state index < -0.39 is 33.8 Å². The zero-order valence-corrected chi connectivity index (χ0v) is 17.5. The van der Waals surface area contributed by atoms with E-state index in [-0.39, 0.29) is 28.4 Å². The molecule has 0 aliphatic carbocycles. The number of benzene rings is 2. The van der Waals surface area contributed by atoms with Crippen LogP contribution in [-0.4, -0.2) is 38.0 Å². The van der Waals surface area contributed by atoms with Gasteiger partial charge in [-0.3, -0.25) is 4.79 Å². The van der Waals surface area contributed by atoms with E-state index >= 15 is 0 Å². The van der Waals surface area contributed by atoms with Crippen molar-refractivity contribution in [3.05, 3.63) is 58.9 Å². The Morgan fingerprint density at radius 3 is 2.70 bits per heavy atom. The minimum Gasteiger partial charge on any atom is -0.478 e. The van der Waals surface area contributed by atoms with Gasteiger partial charge in [0.2, 0.25) is 5.91 Å². The molecule has 1 aliphatic heterocycles. The Hall–Kier alpha value is -2.53. The lowest BCUT2D eigenvalue weighted by Gasteiger charge is -2.18. The largest absolute Gasteiger partial charge is 0.478 e. The van der Waals surface area contributed by atoms with Crippen molar-refractivity contribution in [1.29, 1.82) is 0 Å². The molecule has 1 aromatic heterocycles. The summed E-state index contributed by atoms with van der Waals surface area (Å²) in [6, 6.07) is 8.68. The van der Waals surface area contributed by atoms with Crippen molar-refractivity contribution in [1.82, 2.24) is 4.72 Å². The summed E-state index contributed by atoms with van der Waals surface area (Å²) in [5, 5.41) is 10.1. The van der Waals surface area contributed by atoms with Gasteiger partial charge in [0.05, 0.1) is 11.3 Å². The van der Waals surface area contributed by atoms with Gasteiger partial charge < -0.3 is 10.0 Å². The molecule has 7 nitrogen and oxygen atoms in total. The predicted molar refractivity (Wildman–Crippen MR) is 111 cm³/mol. The van der Waals surface area contributed by atoms with E-state index in [1.807, 2.05) is 0 Å². The maximum absolute atomic E-state index is 14.3. The van der Waals surface area contributed by atoms with Crippen molar-refractivity contribution < 1.29 is 27.5 Å². The maximum atomic E-state index is 14.3. The summed E-state index contributed by atoms with van der Waals surface area (Å²) in [4.78, 5) is 24.8. The number of fused-ring (bicyclic) bond motifs is 1. The Morgan fingerprint density at radius 2 is 2.00 bits per heavy atom. The van der Waals surface area contributed by atoms with E-state index in [0.717, 1.165) is 22.3 Å². The van der Waals surface area contributed by atoms with Crippen LogP contribution in [0.15, 0.2) is 46.7 Å². The van der Waals surface area contributed by atoms with Crippen LogP contribution in [0.5, 0.6) is 0 Å². The Balaban J connectivity index is 1.55. The van der Waals surface area contributed by atoms with Gasteiger partial charge in [0.25, 0.3) is 10.0 Å². The number of thiophene rings is 1. The lowest BCUT2D eigenvalue weighted by atomic mass is 10.2. The Bertz CT molecular complexity index is 1290. The second-order valence-electron chi connectivity index (χ2n) is 6.67. The average molecular weight is 469 g/mol. The molecule has 0 bridgehead atoms. The highest BCUT2D eigenvalue weighted by Gasteiger charge is 2.37. The van der Waals surface area contributed by atoms with Crippen LogP contribution in [-0.2, 0) is 14.8 Å². The van der Waals surface area contributed by atoms with Crippen LogP contribution in [0.25, 0.3) is 10.1 Å². The monoisotopic (exact) mass is 468 g/mol. The average Bonchev–Trinajstić information content (AvgIpc) is 3.26. The molecule has 4 rings (SSSR count). The molecular weight excluding hydrogens is 455 g/mol. The van der Waals surface area contributed by atoms with Gasteiger partial charge in [0.1, 0.15) is 16.1 Å². The van der Waals surface area contributed by atoms with Crippen LogP contribution in [0.2, 0.25) is 5.02 Å². The Labute approximate surface area is 179 Å². The molecule has 1 aliphatic rings. The number of carbonyl (C=O) groups is 2. The van der Waals surface area contributed by atoms with Crippen LogP contribution in [0.4, 0.5) is 10.1 Å². The van der Waals surface area contributed by atoms with Gasteiger partial charge in [-0.2, -0.15) is 4.72 Å². The first kappa shape index (κ1) is 20.7. The number of sulfonamides is 1. The van der Waals surface area contributed by atoms with Crippen molar-refractivity contribution in [2.45, 2.75) is 16.7 Å². The second-order valence-corrected chi connectivity index (χ2v) is 10.1. The van der Waals surface area contributed by atoms with E-state index in [9.17, 15) is 22.4 Å². The highest BCUT2D eigenvalue weighted by Crippen LogP contribution is 2.32. The molecular formula is C19H14ClFN2O5S2. The number of amides is 1. The minimum atomic E-state index is -3.98. The molecule has 0 spiro atoms. The fourth-order valence-corrected chi connectivity index (χ4v) is 6.16. The van der Waals surface area contributed by atoms with E-state index in [1.54, 1.807) is 18.2 Å². The van der Waals surface area contributed by atoms with Crippen molar-refractivity contribution >= 4 is 60.6 Å². The molecule has 156 valence electrons. The molecule has 2 N–H and O–H groups in total. The van der Waals surface area contributed by atoms with Crippen LogP contribution in [0, 0.1) is 5.82 Å². The van der Waals surface area contributed by atoms with Gasteiger partial charge >= 0.3 is 5.97 Å². The molecule has 0 saturated carbocycles. The first-order valence-electron chi connectivity index (χ1n) is 8.71. The smallest absolute Gasteiger partial charge is 0.335 e. The van der Waals surface area contributed by atoms with Crippen molar-refractivity contribution in [3.8, 4) is 0 Å². The maximum Gasteiger partial charge on any atom is 0.335 e. The van der Waals surface area contributed by atoms with E-state index in [0.29, 0.717) is 15.1 Å². The Kier molecular flexibility index (Phi) is 5.27.